The van der Waals surface area contributed by atoms with E-state index in [-0.39, 0.29) is 12.2 Å². The number of nitrogens with zero attached hydrogens (tertiary/aromatic N) is 3. The van der Waals surface area contributed by atoms with Crippen molar-refractivity contribution in [3.63, 3.8) is 0 Å². The number of morpholine rings is 1. The molecule has 2 fully saturated rings. The van der Waals surface area contributed by atoms with E-state index >= 15 is 0 Å². The van der Waals surface area contributed by atoms with Gasteiger partial charge in [0.15, 0.2) is 0 Å². The molecule has 0 amide bonds. The Morgan fingerprint density at radius 3 is 2.50 bits per heavy atom. The highest BCUT2D eigenvalue weighted by Gasteiger charge is 2.36. The highest BCUT2D eigenvalue weighted by Crippen LogP contribution is 2.36. The van der Waals surface area contributed by atoms with Crippen molar-refractivity contribution < 1.29 is 13.2 Å². The van der Waals surface area contributed by atoms with E-state index in [1.165, 1.54) is 24.2 Å². The van der Waals surface area contributed by atoms with E-state index in [0.29, 0.717) is 29.7 Å². The second-order valence-electron chi connectivity index (χ2n) is 7.32. The SMILES string of the molecule is CC1CN(S(=O)(=O)c2cn(C3CCCC3)nc2-c2cccs2)CC(C)O1. The van der Waals surface area contributed by atoms with Gasteiger partial charge in [-0.05, 0) is 38.1 Å². The van der Waals surface area contributed by atoms with Gasteiger partial charge in [-0.3, -0.25) is 4.68 Å². The maximum atomic E-state index is 13.4. The molecular weight excluding hydrogens is 370 g/mol. The first kappa shape index (κ1) is 18.2. The van der Waals surface area contributed by atoms with Gasteiger partial charge in [0.25, 0.3) is 0 Å². The van der Waals surface area contributed by atoms with E-state index < -0.39 is 10.0 Å². The Labute approximate surface area is 158 Å². The Morgan fingerprint density at radius 1 is 1.19 bits per heavy atom. The molecule has 1 saturated carbocycles. The average molecular weight is 396 g/mol. The quantitative estimate of drug-likeness (QED) is 0.794. The molecule has 0 spiro atoms. The first-order valence-corrected chi connectivity index (χ1v) is 11.6. The molecule has 3 heterocycles. The van der Waals surface area contributed by atoms with E-state index in [0.717, 1.165) is 17.7 Å². The van der Waals surface area contributed by atoms with Crippen molar-refractivity contribution >= 4 is 21.4 Å². The molecule has 1 aliphatic carbocycles. The van der Waals surface area contributed by atoms with Crippen LogP contribution in [0.15, 0.2) is 28.6 Å². The Balaban J connectivity index is 1.76. The summed E-state index contributed by atoms with van der Waals surface area (Å²) < 4.78 is 36.0. The number of ether oxygens (including phenoxy) is 1. The van der Waals surface area contributed by atoms with Gasteiger partial charge in [0.05, 0.1) is 23.1 Å². The van der Waals surface area contributed by atoms with Crippen LogP contribution in [0.25, 0.3) is 10.6 Å². The van der Waals surface area contributed by atoms with Crippen LogP contribution in [0.1, 0.15) is 45.6 Å². The lowest BCUT2D eigenvalue weighted by Crippen LogP contribution is -2.48. The molecule has 0 aromatic carbocycles. The standard InChI is InChI=1S/C18H25N3O3S2/c1-13-10-20(11-14(2)24-13)26(22,23)17-12-21(15-6-3-4-7-15)19-18(17)16-8-5-9-25-16/h5,8-9,12-15H,3-4,6-7,10-11H2,1-2H3. The first-order chi connectivity index (χ1) is 12.4. The van der Waals surface area contributed by atoms with E-state index in [2.05, 4.69) is 0 Å². The number of rotatable bonds is 4. The van der Waals surface area contributed by atoms with Crippen LogP contribution in [0, 0.1) is 0 Å². The number of aromatic nitrogens is 2. The van der Waals surface area contributed by atoms with Crippen molar-refractivity contribution in [2.45, 2.75) is 62.7 Å². The zero-order valence-corrected chi connectivity index (χ0v) is 16.8. The van der Waals surface area contributed by atoms with E-state index in [9.17, 15) is 8.42 Å². The van der Waals surface area contributed by atoms with Gasteiger partial charge in [-0.15, -0.1) is 11.3 Å². The summed E-state index contributed by atoms with van der Waals surface area (Å²) in [5, 5.41) is 6.68. The minimum Gasteiger partial charge on any atom is -0.373 e. The van der Waals surface area contributed by atoms with Gasteiger partial charge in [0.2, 0.25) is 10.0 Å². The van der Waals surface area contributed by atoms with Crippen LogP contribution < -0.4 is 0 Å². The topological polar surface area (TPSA) is 64.4 Å². The fraction of sp³-hybridized carbons (Fsp3) is 0.611. The smallest absolute Gasteiger partial charge is 0.247 e. The third kappa shape index (κ3) is 3.35. The Morgan fingerprint density at radius 2 is 1.88 bits per heavy atom. The number of hydrogen-bond donors (Lipinski definition) is 0. The molecule has 0 radical (unpaired) electrons. The monoisotopic (exact) mass is 395 g/mol. The molecule has 26 heavy (non-hydrogen) atoms. The lowest BCUT2D eigenvalue weighted by molar-refractivity contribution is -0.0440. The third-order valence-corrected chi connectivity index (χ3v) is 7.86. The second kappa shape index (κ2) is 7.07. The van der Waals surface area contributed by atoms with Crippen molar-refractivity contribution in [2.75, 3.05) is 13.1 Å². The van der Waals surface area contributed by atoms with Gasteiger partial charge in [-0.1, -0.05) is 18.9 Å². The van der Waals surface area contributed by atoms with Gasteiger partial charge in [0, 0.05) is 19.3 Å². The maximum absolute atomic E-state index is 13.4. The number of sulfonamides is 1. The molecule has 0 bridgehead atoms. The molecule has 142 valence electrons. The number of thiophene rings is 1. The van der Waals surface area contributed by atoms with Gasteiger partial charge in [0.1, 0.15) is 10.6 Å². The van der Waals surface area contributed by atoms with Gasteiger partial charge in [-0.2, -0.15) is 9.40 Å². The summed E-state index contributed by atoms with van der Waals surface area (Å²) in [6, 6.07) is 4.18. The second-order valence-corrected chi connectivity index (χ2v) is 10.2. The Hall–Kier alpha value is -1.22. The van der Waals surface area contributed by atoms with E-state index in [1.54, 1.807) is 10.5 Å². The van der Waals surface area contributed by atoms with Crippen LogP contribution in [0.2, 0.25) is 0 Å². The zero-order valence-electron chi connectivity index (χ0n) is 15.2. The zero-order chi connectivity index (χ0) is 18.3. The van der Waals surface area contributed by atoms with Crippen LogP contribution in [-0.4, -0.2) is 47.8 Å². The van der Waals surface area contributed by atoms with Gasteiger partial charge >= 0.3 is 0 Å². The molecule has 1 aliphatic heterocycles. The van der Waals surface area contributed by atoms with Crippen molar-refractivity contribution in [1.29, 1.82) is 0 Å². The van der Waals surface area contributed by atoms with Crippen molar-refractivity contribution in [3.05, 3.63) is 23.7 Å². The Bertz CT molecular complexity index is 844. The van der Waals surface area contributed by atoms with Gasteiger partial charge < -0.3 is 4.74 Å². The predicted molar refractivity (Wildman–Crippen MR) is 102 cm³/mol. The fourth-order valence-electron chi connectivity index (χ4n) is 3.97. The average Bonchev–Trinajstić information content (AvgIpc) is 3.33. The van der Waals surface area contributed by atoms with Crippen LogP contribution in [0.5, 0.6) is 0 Å². The molecule has 1 saturated heterocycles. The largest absolute Gasteiger partial charge is 0.373 e. The van der Waals surface area contributed by atoms with Crippen molar-refractivity contribution in [2.24, 2.45) is 0 Å². The molecule has 2 aromatic heterocycles. The lowest BCUT2D eigenvalue weighted by atomic mass is 10.3. The van der Waals surface area contributed by atoms with Crippen LogP contribution >= 0.6 is 11.3 Å². The summed E-state index contributed by atoms with van der Waals surface area (Å²) in [5.41, 5.74) is 0.582. The summed E-state index contributed by atoms with van der Waals surface area (Å²) >= 11 is 1.53. The summed E-state index contributed by atoms with van der Waals surface area (Å²) in [7, 11) is -3.62. The van der Waals surface area contributed by atoms with E-state index in [4.69, 9.17) is 9.84 Å². The van der Waals surface area contributed by atoms with Crippen LogP contribution in [0.4, 0.5) is 0 Å². The van der Waals surface area contributed by atoms with Crippen molar-refractivity contribution in [3.8, 4) is 10.6 Å². The van der Waals surface area contributed by atoms with Crippen LogP contribution in [0.3, 0.4) is 0 Å². The maximum Gasteiger partial charge on any atom is 0.247 e. The summed E-state index contributed by atoms with van der Waals surface area (Å²) in [6.07, 6.45) is 6.03. The van der Waals surface area contributed by atoms with E-state index in [1.807, 2.05) is 36.0 Å². The third-order valence-electron chi connectivity index (χ3n) is 5.16. The highest BCUT2D eigenvalue weighted by molar-refractivity contribution is 7.89. The van der Waals surface area contributed by atoms with Gasteiger partial charge in [-0.25, -0.2) is 8.42 Å². The molecule has 6 nitrogen and oxygen atoms in total. The number of hydrogen-bond acceptors (Lipinski definition) is 5. The first-order valence-electron chi connectivity index (χ1n) is 9.24. The molecule has 2 aliphatic rings. The minimum absolute atomic E-state index is 0.108. The lowest BCUT2D eigenvalue weighted by Gasteiger charge is -2.34. The van der Waals surface area contributed by atoms with Crippen LogP contribution in [-0.2, 0) is 14.8 Å². The highest BCUT2D eigenvalue weighted by atomic mass is 32.2. The molecule has 2 atom stereocenters. The molecule has 2 unspecified atom stereocenters. The summed E-state index contributed by atoms with van der Waals surface area (Å²) in [5.74, 6) is 0. The Kier molecular flexibility index (Phi) is 4.94. The molecule has 0 N–H and O–H groups in total. The fourth-order valence-corrected chi connectivity index (χ4v) is 6.48. The normalized spacial score (nSPS) is 25.8. The summed E-state index contributed by atoms with van der Waals surface area (Å²) in [6.45, 7) is 4.59. The predicted octanol–water partition coefficient (Wildman–Crippen LogP) is 3.52. The molecular formula is C18H25N3O3S2. The minimum atomic E-state index is -3.62. The van der Waals surface area contributed by atoms with Crippen molar-refractivity contribution in [1.82, 2.24) is 14.1 Å². The molecule has 8 heteroatoms. The summed E-state index contributed by atoms with van der Waals surface area (Å²) in [4.78, 5) is 1.22. The molecule has 4 rings (SSSR count). The molecule has 2 aromatic rings.